The molecule has 0 radical (unpaired) electrons. The fraction of sp³-hybridized carbons (Fsp3) is 0.579. The van der Waals surface area contributed by atoms with Gasteiger partial charge in [0, 0.05) is 24.0 Å². The highest BCUT2D eigenvalue weighted by Gasteiger charge is 2.39. The van der Waals surface area contributed by atoms with E-state index in [4.69, 9.17) is 4.52 Å². The molecule has 1 aromatic carbocycles. The van der Waals surface area contributed by atoms with Crippen molar-refractivity contribution in [2.75, 3.05) is 19.6 Å². The average molecular weight is 327 g/mol. The number of benzene rings is 1. The van der Waals surface area contributed by atoms with Gasteiger partial charge >= 0.3 is 0 Å². The molecule has 24 heavy (non-hydrogen) atoms. The van der Waals surface area contributed by atoms with Gasteiger partial charge in [-0.15, -0.1) is 0 Å². The van der Waals surface area contributed by atoms with Crippen LogP contribution in [0.2, 0.25) is 0 Å². The van der Waals surface area contributed by atoms with Crippen molar-refractivity contribution in [3.8, 4) is 0 Å². The standard InChI is InChI=1S/C19H25N3O2/c1-2-21-11-5-8-16(21)17-9-6-12-22(17)19(23)13-15-14-7-3-4-10-18(14)24-20-15/h3-4,7,10,16-17H,2,5-6,8-9,11-13H2,1H3/t16-,17-/m0/s1. The summed E-state index contributed by atoms with van der Waals surface area (Å²) in [6.45, 7) is 5.36. The van der Waals surface area contributed by atoms with Crippen molar-refractivity contribution in [1.29, 1.82) is 0 Å². The third kappa shape index (κ3) is 2.71. The first-order valence-corrected chi connectivity index (χ1v) is 9.14. The molecular weight excluding hydrogens is 302 g/mol. The SMILES string of the molecule is CCN1CCC[C@H]1[C@@H]1CCCN1C(=O)Cc1noc2ccccc12. The molecule has 2 aliphatic rings. The van der Waals surface area contributed by atoms with Crippen LogP contribution in [0, 0.1) is 0 Å². The van der Waals surface area contributed by atoms with Crippen LogP contribution < -0.4 is 0 Å². The summed E-state index contributed by atoms with van der Waals surface area (Å²) in [6.07, 6.45) is 5.06. The van der Waals surface area contributed by atoms with E-state index in [1.54, 1.807) is 0 Å². The maximum atomic E-state index is 12.9. The maximum absolute atomic E-state index is 12.9. The van der Waals surface area contributed by atoms with E-state index in [-0.39, 0.29) is 5.91 Å². The Kier molecular flexibility index (Phi) is 4.27. The zero-order chi connectivity index (χ0) is 16.5. The zero-order valence-electron chi connectivity index (χ0n) is 14.3. The Labute approximate surface area is 142 Å². The van der Waals surface area contributed by atoms with Gasteiger partial charge in [-0.2, -0.15) is 0 Å². The quantitative estimate of drug-likeness (QED) is 0.866. The minimum absolute atomic E-state index is 0.194. The molecule has 4 rings (SSSR count). The topological polar surface area (TPSA) is 49.6 Å². The lowest BCUT2D eigenvalue weighted by Crippen LogP contribution is -2.48. The lowest BCUT2D eigenvalue weighted by Gasteiger charge is -2.34. The number of carbonyl (C=O) groups is 1. The first kappa shape index (κ1) is 15.6. The van der Waals surface area contributed by atoms with E-state index in [0.717, 1.165) is 42.6 Å². The molecule has 0 N–H and O–H groups in total. The van der Waals surface area contributed by atoms with Crippen LogP contribution in [0.25, 0.3) is 11.0 Å². The first-order chi connectivity index (χ1) is 11.8. The number of aromatic nitrogens is 1. The number of rotatable bonds is 4. The van der Waals surface area contributed by atoms with Gasteiger partial charge < -0.3 is 9.42 Å². The van der Waals surface area contributed by atoms with Crippen molar-refractivity contribution in [2.24, 2.45) is 0 Å². The van der Waals surface area contributed by atoms with Crippen molar-refractivity contribution in [3.05, 3.63) is 30.0 Å². The largest absolute Gasteiger partial charge is 0.356 e. The van der Waals surface area contributed by atoms with Gasteiger partial charge in [0.25, 0.3) is 0 Å². The molecule has 0 aliphatic carbocycles. The second-order valence-electron chi connectivity index (χ2n) is 6.94. The van der Waals surface area contributed by atoms with Crippen LogP contribution in [0.5, 0.6) is 0 Å². The molecule has 2 saturated heterocycles. The monoisotopic (exact) mass is 327 g/mol. The Bertz CT molecular complexity index is 726. The summed E-state index contributed by atoms with van der Waals surface area (Å²) < 4.78 is 5.34. The Balaban J connectivity index is 1.51. The number of carbonyl (C=O) groups excluding carboxylic acids is 1. The highest BCUT2D eigenvalue weighted by molar-refractivity contribution is 5.86. The summed E-state index contributed by atoms with van der Waals surface area (Å²) in [5.74, 6) is 0.194. The van der Waals surface area contributed by atoms with Crippen LogP contribution in [-0.2, 0) is 11.2 Å². The van der Waals surface area contributed by atoms with Crippen molar-refractivity contribution in [2.45, 2.75) is 51.1 Å². The van der Waals surface area contributed by atoms with E-state index in [0.29, 0.717) is 18.5 Å². The molecule has 1 amide bonds. The van der Waals surface area contributed by atoms with Crippen LogP contribution in [0.3, 0.4) is 0 Å². The normalized spacial score (nSPS) is 25.0. The van der Waals surface area contributed by atoms with E-state index in [1.165, 1.54) is 19.4 Å². The number of likely N-dealkylation sites (tertiary alicyclic amines) is 2. The zero-order valence-corrected chi connectivity index (χ0v) is 14.3. The van der Waals surface area contributed by atoms with Gasteiger partial charge in [0.1, 0.15) is 5.69 Å². The van der Waals surface area contributed by atoms with Crippen LogP contribution in [-0.4, -0.2) is 52.6 Å². The molecule has 3 heterocycles. The third-order valence-electron chi connectivity index (χ3n) is 5.65. The molecule has 128 valence electrons. The second kappa shape index (κ2) is 6.55. The van der Waals surface area contributed by atoms with Gasteiger partial charge in [0.05, 0.1) is 6.42 Å². The maximum Gasteiger partial charge on any atom is 0.229 e. The van der Waals surface area contributed by atoms with Crippen molar-refractivity contribution >= 4 is 16.9 Å². The molecule has 0 unspecified atom stereocenters. The van der Waals surface area contributed by atoms with Gasteiger partial charge in [0.2, 0.25) is 5.91 Å². The van der Waals surface area contributed by atoms with Crippen molar-refractivity contribution in [1.82, 2.24) is 15.0 Å². The molecule has 0 saturated carbocycles. The summed E-state index contributed by atoms with van der Waals surface area (Å²) in [6, 6.07) is 8.67. The summed E-state index contributed by atoms with van der Waals surface area (Å²) in [5.41, 5.74) is 1.52. The Morgan fingerprint density at radius 2 is 2.00 bits per heavy atom. The van der Waals surface area contributed by atoms with E-state index in [2.05, 4.69) is 21.9 Å². The Morgan fingerprint density at radius 3 is 2.88 bits per heavy atom. The smallest absolute Gasteiger partial charge is 0.229 e. The Morgan fingerprint density at radius 1 is 1.21 bits per heavy atom. The number of hydrogen-bond donors (Lipinski definition) is 0. The van der Waals surface area contributed by atoms with Crippen molar-refractivity contribution in [3.63, 3.8) is 0 Å². The predicted molar refractivity (Wildman–Crippen MR) is 92.7 cm³/mol. The van der Waals surface area contributed by atoms with Gasteiger partial charge in [-0.25, -0.2) is 0 Å². The van der Waals surface area contributed by atoms with E-state index >= 15 is 0 Å². The second-order valence-corrected chi connectivity index (χ2v) is 6.94. The lowest BCUT2D eigenvalue weighted by molar-refractivity contribution is -0.132. The number of para-hydroxylation sites is 1. The lowest BCUT2D eigenvalue weighted by atomic mass is 10.0. The van der Waals surface area contributed by atoms with Crippen LogP contribution in [0.4, 0.5) is 0 Å². The van der Waals surface area contributed by atoms with Gasteiger partial charge in [0.15, 0.2) is 5.58 Å². The highest BCUT2D eigenvalue weighted by Crippen LogP contribution is 2.30. The molecule has 0 bridgehead atoms. The Hall–Kier alpha value is -1.88. The predicted octanol–water partition coefficient (Wildman–Crippen LogP) is 2.85. The number of hydrogen-bond acceptors (Lipinski definition) is 4. The van der Waals surface area contributed by atoms with Crippen LogP contribution >= 0.6 is 0 Å². The summed E-state index contributed by atoms with van der Waals surface area (Å²) in [7, 11) is 0. The van der Waals surface area contributed by atoms with Crippen molar-refractivity contribution < 1.29 is 9.32 Å². The molecule has 0 spiro atoms. The molecule has 1 aromatic heterocycles. The molecule has 2 aromatic rings. The molecule has 2 aliphatic heterocycles. The van der Waals surface area contributed by atoms with Crippen LogP contribution in [0.1, 0.15) is 38.3 Å². The van der Waals surface area contributed by atoms with Gasteiger partial charge in [-0.3, -0.25) is 9.69 Å². The number of nitrogens with zero attached hydrogens (tertiary/aromatic N) is 3. The number of likely N-dealkylation sites (N-methyl/N-ethyl adjacent to an activating group) is 1. The molecule has 5 nitrogen and oxygen atoms in total. The molecule has 2 atom stereocenters. The molecule has 5 heteroatoms. The first-order valence-electron chi connectivity index (χ1n) is 9.14. The molecule has 2 fully saturated rings. The van der Waals surface area contributed by atoms with Gasteiger partial charge in [-0.1, -0.05) is 24.2 Å². The van der Waals surface area contributed by atoms with Gasteiger partial charge in [-0.05, 0) is 50.9 Å². The number of amides is 1. The third-order valence-corrected chi connectivity index (χ3v) is 5.65. The van der Waals surface area contributed by atoms with E-state index in [1.807, 2.05) is 24.3 Å². The fourth-order valence-corrected chi connectivity index (χ4v) is 4.49. The average Bonchev–Trinajstić information content (AvgIpc) is 3.33. The summed E-state index contributed by atoms with van der Waals surface area (Å²) >= 11 is 0. The highest BCUT2D eigenvalue weighted by atomic mass is 16.5. The van der Waals surface area contributed by atoms with Crippen LogP contribution in [0.15, 0.2) is 28.8 Å². The molecular formula is C19H25N3O2. The van der Waals surface area contributed by atoms with E-state index < -0.39 is 0 Å². The fourth-order valence-electron chi connectivity index (χ4n) is 4.49. The van der Waals surface area contributed by atoms with E-state index in [9.17, 15) is 4.79 Å². The summed E-state index contributed by atoms with van der Waals surface area (Å²) in [5, 5.41) is 5.08. The summed E-state index contributed by atoms with van der Waals surface area (Å²) in [4.78, 5) is 17.6. The minimum Gasteiger partial charge on any atom is -0.356 e. The minimum atomic E-state index is 0.194. The number of fused-ring (bicyclic) bond motifs is 1.